The van der Waals surface area contributed by atoms with E-state index in [2.05, 4.69) is 26.0 Å². The maximum Gasteiger partial charge on any atom is 0.269 e. The molecular weight excluding hydrogens is 570 g/mol. The Kier molecular flexibility index (Phi) is 11.8. The largest absolute Gasteiger partial charge is 0.390 e. The maximum absolute atomic E-state index is 13.7. The highest BCUT2D eigenvalue weighted by atomic mass is 16.6. The van der Waals surface area contributed by atoms with Crippen molar-refractivity contribution in [1.29, 1.82) is 0 Å². The van der Waals surface area contributed by atoms with E-state index in [0.29, 0.717) is 39.2 Å². The van der Waals surface area contributed by atoms with Gasteiger partial charge in [-0.2, -0.15) is 0 Å². The third-order valence-corrected chi connectivity index (χ3v) is 7.87. The number of nitrogens with zero attached hydrogens (tertiary/aromatic N) is 2. The number of nitrogens with one attached hydrogen (secondary N) is 3. The van der Waals surface area contributed by atoms with Crippen molar-refractivity contribution in [2.24, 2.45) is 11.1 Å². The van der Waals surface area contributed by atoms with Crippen molar-refractivity contribution >= 4 is 29.2 Å². The molecule has 0 bridgehead atoms. The lowest BCUT2D eigenvalue weighted by Crippen LogP contribution is -2.58. The molecule has 0 radical (unpaired) electrons. The van der Waals surface area contributed by atoms with Crippen LogP contribution in [0.5, 0.6) is 0 Å². The predicted octanol–water partition coefficient (Wildman–Crippen LogP) is 0.211. The number of carbonyl (C=O) groups is 4. The number of ether oxygens (including phenoxy) is 3. The average molecular weight is 616 g/mol. The zero-order chi connectivity index (χ0) is 31.7. The van der Waals surface area contributed by atoms with Gasteiger partial charge in [0, 0.05) is 39.6 Å². The Morgan fingerprint density at radius 2 is 1.68 bits per heavy atom. The van der Waals surface area contributed by atoms with Crippen LogP contribution in [-0.4, -0.2) is 117 Å². The van der Waals surface area contributed by atoms with Gasteiger partial charge < -0.3 is 35.0 Å². The van der Waals surface area contributed by atoms with Gasteiger partial charge in [-0.3, -0.25) is 24.1 Å². The van der Waals surface area contributed by atoms with Gasteiger partial charge in [-0.15, -0.1) is 0 Å². The zero-order valence-electron chi connectivity index (χ0n) is 26.0. The lowest BCUT2D eigenvalue weighted by Gasteiger charge is -2.28. The Balaban J connectivity index is 1.41. The van der Waals surface area contributed by atoms with Crippen LogP contribution in [0.15, 0.2) is 35.5 Å². The van der Waals surface area contributed by atoms with Gasteiger partial charge >= 0.3 is 0 Å². The number of benzene rings is 1. The minimum atomic E-state index is -1.11. The highest BCUT2D eigenvalue weighted by Gasteiger charge is 2.50. The van der Waals surface area contributed by atoms with Gasteiger partial charge in [0.15, 0.2) is 5.78 Å². The normalized spacial score (nSPS) is 23.6. The van der Waals surface area contributed by atoms with Gasteiger partial charge in [0.05, 0.1) is 32.5 Å². The number of hydrogen-bond acceptors (Lipinski definition) is 10. The second-order valence-electron chi connectivity index (χ2n) is 12.2. The number of rotatable bonds is 16. The summed E-state index contributed by atoms with van der Waals surface area (Å²) in [6.07, 6.45) is 0.630. The van der Waals surface area contributed by atoms with Crippen LogP contribution in [0.3, 0.4) is 0 Å². The molecule has 0 aliphatic carbocycles. The van der Waals surface area contributed by atoms with Crippen LogP contribution in [0, 0.1) is 5.92 Å². The molecule has 3 aliphatic rings. The monoisotopic (exact) mass is 615 g/mol. The van der Waals surface area contributed by atoms with E-state index in [4.69, 9.17) is 19.0 Å². The minimum Gasteiger partial charge on any atom is -0.390 e. The standard InChI is InChI=1S/C31H45N5O8/c1-20(2)14-23(27(37)31(3)19-43-31)32-28(38)24(15-21-8-6-5-7-9-21)33-30(40)26(18-41-4)34-29(39)25-16-22(44-35-25)17-36-10-12-42-13-11-36/h5-9,20,22-24,26H,10-19H2,1-4H3,(H,32,38)(H,33,40)(H,34,39)/t22?,23-,24-,26-,31+/m0/s1. The first-order chi connectivity index (χ1) is 21.1. The van der Waals surface area contributed by atoms with Crippen LogP contribution < -0.4 is 16.0 Å². The Bertz CT molecular complexity index is 1180. The Morgan fingerprint density at radius 3 is 2.32 bits per heavy atom. The van der Waals surface area contributed by atoms with Crippen molar-refractivity contribution in [3.05, 3.63) is 35.9 Å². The summed E-state index contributed by atoms with van der Waals surface area (Å²) in [4.78, 5) is 61.1. The molecule has 2 saturated heterocycles. The Hall–Kier alpha value is -3.39. The molecule has 4 rings (SSSR count). The molecule has 242 valence electrons. The molecule has 0 aromatic heterocycles. The van der Waals surface area contributed by atoms with Gasteiger partial charge in [0.2, 0.25) is 11.8 Å². The average Bonchev–Trinajstić information content (AvgIpc) is 3.59. The summed E-state index contributed by atoms with van der Waals surface area (Å²) in [5.74, 6) is -1.72. The lowest BCUT2D eigenvalue weighted by molar-refractivity contribution is -0.134. The van der Waals surface area contributed by atoms with Crippen LogP contribution in [-0.2, 0) is 44.6 Å². The van der Waals surface area contributed by atoms with Gasteiger partial charge in [-0.25, -0.2) is 0 Å². The molecule has 13 heteroatoms. The molecule has 44 heavy (non-hydrogen) atoms. The molecule has 0 saturated carbocycles. The summed E-state index contributed by atoms with van der Waals surface area (Å²) in [6.45, 7) is 9.32. The lowest BCUT2D eigenvalue weighted by atomic mass is 9.93. The first kappa shape index (κ1) is 33.5. The molecule has 1 aromatic rings. The number of carbonyl (C=O) groups excluding carboxylic acids is 4. The van der Waals surface area contributed by atoms with E-state index in [1.165, 1.54) is 7.11 Å². The third-order valence-electron chi connectivity index (χ3n) is 7.87. The smallest absolute Gasteiger partial charge is 0.269 e. The van der Waals surface area contributed by atoms with Crippen LogP contribution in [0.4, 0.5) is 0 Å². The number of amides is 3. The zero-order valence-corrected chi connectivity index (χ0v) is 26.0. The highest BCUT2D eigenvalue weighted by molar-refractivity contribution is 6.39. The summed E-state index contributed by atoms with van der Waals surface area (Å²) in [6, 6.07) is 6.33. The van der Waals surface area contributed by atoms with E-state index < -0.39 is 41.4 Å². The molecule has 5 atom stereocenters. The van der Waals surface area contributed by atoms with E-state index in [0.717, 1.165) is 18.7 Å². The second kappa shape index (κ2) is 15.6. The second-order valence-corrected chi connectivity index (χ2v) is 12.2. The fourth-order valence-corrected chi connectivity index (χ4v) is 5.25. The Morgan fingerprint density at radius 1 is 1.02 bits per heavy atom. The predicted molar refractivity (Wildman–Crippen MR) is 161 cm³/mol. The first-order valence-electron chi connectivity index (χ1n) is 15.2. The van der Waals surface area contributed by atoms with Crippen molar-refractivity contribution < 1.29 is 38.2 Å². The number of oxime groups is 1. The molecule has 3 N–H and O–H groups in total. The summed E-state index contributed by atoms with van der Waals surface area (Å²) in [5, 5.41) is 12.3. The summed E-state index contributed by atoms with van der Waals surface area (Å²) in [5.41, 5.74) is 0.0852. The summed E-state index contributed by atoms with van der Waals surface area (Å²) >= 11 is 0. The number of Topliss-reactive ketones (excluding diaryl/α,β-unsaturated/α-hetero) is 1. The van der Waals surface area contributed by atoms with Gasteiger partial charge in [0.1, 0.15) is 29.5 Å². The molecule has 13 nitrogen and oxygen atoms in total. The minimum absolute atomic E-state index is 0.131. The molecule has 3 heterocycles. The van der Waals surface area contributed by atoms with E-state index in [1.54, 1.807) is 6.92 Å². The SMILES string of the molecule is COC[C@H](NC(=O)C1=NOC(CN2CCOCC2)C1)C(=O)N[C@@H](Cc1ccccc1)C(=O)N[C@@H](CC(C)C)C(=O)[C@@]1(C)CO1. The van der Waals surface area contributed by atoms with Gasteiger partial charge in [-0.1, -0.05) is 49.3 Å². The number of epoxide rings is 1. The molecule has 2 fully saturated rings. The number of methoxy groups -OCH3 is 1. The van der Waals surface area contributed by atoms with E-state index in [9.17, 15) is 19.2 Å². The van der Waals surface area contributed by atoms with Gasteiger partial charge in [-0.05, 0) is 24.8 Å². The molecule has 3 amide bonds. The Labute approximate surface area is 258 Å². The molecule has 1 unspecified atom stereocenters. The first-order valence-corrected chi connectivity index (χ1v) is 15.2. The van der Waals surface area contributed by atoms with Gasteiger partial charge in [0.25, 0.3) is 5.91 Å². The van der Waals surface area contributed by atoms with E-state index >= 15 is 0 Å². The third kappa shape index (κ3) is 9.55. The van der Waals surface area contributed by atoms with E-state index in [1.807, 2.05) is 44.2 Å². The molecule has 1 aromatic carbocycles. The van der Waals surface area contributed by atoms with E-state index in [-0.39, 0.29) is 36.5 Å². The van der Waals surface area contributed by atoms with Crippen molar-refractivity contribution in [1.82, 2.24) is 20.9 Å². The van der Waals surface area contributed by atoms with Crippen LogP contribution >= 0.6 is 0 Å². The topological polar surface area (TPSA) is 160 Å². The number of morpholine rings is 1. The van der Waals surface area contributed by atoms with Crippen molar-refractivity contribution in [2.75, 3.05) is 53.2 Å². The number of hydrogen-bond donors (Lipinski definition) is 3. The fourth-order valence-electron chi connectivity index (χ4n) is 5.25. The van der Waals surface area contributed by atoms with Crippen LogP contribution in [0.1, 0.15) is 39.2 Å². The molecule has 3 aliphatic heterocycles. The highest BCUT2D eigenvalue weighted by Crippen LogP contribution is 2.29. The molecular formula is C31H45N5O8. The van der Waals surface area contributed by atoms with Crippen molar-refractivity contribution in [3.8, 4) is 0 Å². The summed E-state index contributed by atoms with van der Waals surface area (Å²) in [7, 11) is 1.41. The van der Waals surface area contributed by atoms with Crippen LogP contribution in [0.2, 0.25) is 0 Å². The molecule has 0 spiro atoms. The fraction of sp³-hybridized carbons (Fsp3) is 0.645. The quantitative estimate of drug-likeness (QED) is 0.221. The van der Waals surface area contributed by atoms with Crippen molar-refractivity contribution in [3.63, 3.8) is 0 Å². The maximum atomic E-state index is 13.7. The summed E-state index contributed by atoms with van der Waals surface area (Å²) < 4.78 is 16.0. The number of ketones is 1. The van der Waals surface area contributed by atoms with Crippen LogP contribution in [0.25, 0.3) is 0 Å². The van der Waals surface area contributed by atoms with Crippen molar-refractivity contribution in [2.45, 2.75) is 69.9 Å².